The highest BCUT2D eigenvalue weighted by atomic mass is 79.9. The van der Waals surface area contributed by atoms with Crippen molar-refractivity contribution in [3.05, 3.63) is 28.2 Å². The number of carbonyl (C=O) groups excluding carboxylic acids is 1. The lowest BCUT2D eigenvalue weighted by Gasteiger charge is -2.35. The van der Waals surface area contributed by atoms with Gasteiger partial charge in [0.15, 0.2) is 6.10 Å². The van der Waals surface area contributed by atoms with Crippen molar-refractivity contribution in [2.75, 3.05) is 19.6 Å². The Labute approximate surface area is 140 Å². The van der Waals surface area contributed by atoms with Crippen LogP contribution in [0, 0.1) is 6.92 Å². The van der Waals surface area contributed by atoms with Crippen molar-refractivity contribution in [2.24, 2.45) is 0 Å². The minimum Gasteiger partial charge on any atom is -0.480 e. The fourth-order valence-electron chi connectivity index (χ4n) is 2.34. The van der Waals surface area contributed by atoms with Crippen molar-refractivity contribution >= 4 is 34.2 Å². The fraction of sp³-hybridized carbons (Fsp3) is 0.533. The number of aryl methyl sites for hydroxylation is 1. The van der Waals surface area contributed by atoms with Crippen LogP contribution < -0.4 is 10.1 Å². The second-order valence-electron chi connectivity index (χ2n) is 5.28. The summed E-state index contributed by atoms with van der Waals surface area (Å²) in [6.45, 7) is 8.31. The third-order valence-electron chi connectivity index (χ3n) is 3.52. The summed E-state index contributed by atoms with van der Waals surface area (Å²) < 4.78 is 6.69. The van der Waals surface area contributed by atoms with Gasteiger partial charge in [-0.25, -0.2) is 0 Å². The Morgan fingerprint density at radius 2 is 2.24 bits per heavy atom. The van der Waals surface area contributed by atoms with Crippen LogP contribution in [-0.4, -0.2) is 42.6 Å². The van der Waals surface area contributed by atoms with Gasteiger partial charge in [-0.15, -0.1) is 12.4 Å². The molecule has 1 aromatic carbocycles. The molecule has 0 spiro atoms. The first kappa shape index (κ1) is 18.3. The molecule has 1 aliphatic heterocycles. The first-order valence-electron chi connectivity index (χ1n) is 6.93. The van der Waals surface area contributed by atoms with Crippen LogP contribution in [0.15, 0.2) is 22.7 Å². The van der Waals surface area contributed by atoms with Gasteiger partial charge in [-0.1, -0.05) is 6.07 Å². The predicted octanol–water partition coefficient (Wildman–Crippen LogP) is 2.77. The van der Waals surface area contributed by atoms with Gasteiger partial charge >= 0.3 is 0 Å². The maximum atomic E-state index is 12.4. The van der Waals surface area contributed by atoms with Gasteiger partial charge < -0.3 is 15.0 Å². The smallest absolute Gasteiger partial charge is 0.263 e. The zero-order chi connectivity index (χ0) is 14.7. The van der Waals surface area contributed by atoms with Crippen LogP contribution >= 0.6 is 28.3 Å². The van der Waals surface area contributed by atoms with Crippen molar-refractivity contribution in [3.63, 3.8) is 0 Å². The molecule has 0 aliphatic carbocycles. The van der Waals surface area contributed by atoms with Crippen LogP contribution in [0.1, 0.15) is 19.4 Å². The van der Waals surface area contributed by atoms with E-state index in [0.29, 0.717) is 5.75 Å². The van der Waals surface area contributed by atoms with Crippen LogP contribution in [0.5, 0.6) is 5.75 Å². The molecule has 1 amide bonds. The number of nitrogens with zero attached hydrogens (tertiary/aromatic N) is 1. The average Bonchev–Trinajstić information content (AvgIpc) is 2.41. The first-order chi connectivity index (χ1) is 9.49. The normalized spacial score (nSPS) is 19.6. The zero-order valence-corrected chi connectivity index (χ0v) is 15.0. The van der Waals surface area contributed by atoms with Crippen LogP contribution in [0.25, 0.3) is 0 Å². The molecule has 1 fully saturated rings. The third kappa shape index (κ3) is 4.59. The number of carbonyl (C=O) groups is 1. The largest absolute Gasteiger partial charge is 0.480 e. The molecule has 1 heterocycles. The number of hydrogen-bond acceptors (Lipinski definition) is 3. The number of halogens is 2. The van der Waals surface area contributed by atoms with Gasteiger partial charge in [-0.3, -0.25) is 4.79 Å². The summed E-state index contributed by atoms with van der Waals surface area (Å²) in [5.74, 6) is 0.755. The lowest BCUT2D eigenvalue weighted by molar-refractivity contribution is -0.140. The molecule has 21 heavy (non-hydrogen) atoms. The van der Waals surface area contributed by atoms with Crippen LogP contribution in [0.2, 0.25) is 0 Å². The molecule has 1 saturated heterocycles. The van der Waals surface area contributed by atoms with E-state index in [2.05, 4.69) is 28.2 Å². The standard InChI is InChI=1S/C15H21BrN2O2.ClH/c1-10-4-5-14(13(16)8-10)20-12(3)15(19)18-7-6-17-9-11(18)2;/h4-5,8,11-12,17H,6-7,9H2,1-3H3;1H/t11-,12?;/m0./s1. The van der Waals surface area contributed by atoms with Crippen LogP contribution in [0.3, 0.4) is 0 Å². The van der Waals surface area contributed by atoms with E-state index in [1.807, 2.05) is 36.9 Å². The van der Waals surface area contributed by atoms with Crippen molar-refractivity contribution in [1.82, 2.24) is 10.2 Å². The van der Waals surface area contributed by atoms with Crippen LogP contribution in [-0.2, 0) is 4.79 Å². The third-order valence-corrected chi connectivity index (χ3v) is 4.14. The molecule has 0 radical (unpaired) electrons. The predicted molar refractivity (Wildman–Crippen MR) is 90.3 cm³/mol. The minimum atomic E-state index is -0.477. The molecule has 1 unspecified atom stereocenters. The molecule has 0 aromatic heterocycles. The van der Waals surface area contributed by atoms with E-state index < -0.39 is 6.10 Å². The molecular formula is C15H22BrClN2O2. The molecule has 1 N–H and O–H groups in total. The zero-order valence-electron chi connectivity index (χ0n) is 12.6. The van der Waals surface area contributed by atoms with Crippen molar-refractivity contribution in [3.8, 4) is 5.75 Å². The molecule has 6 heteroatoms. The van der Waals surface area contributed by atoms with Gasteiger partial charge in [0.05, 0.1) is 4.47 Å². The SMILES string of the molecule is Cc1ccc(OC(C)C(=O)N2CCNC[C@@H]2C)c(Br)c1.Cl. The Bertz CT molecular complexity index is 499. The highest BCUT2D eigenvalue weighted by Gasteiger charge is 2.28. The summed E-state index contributed by atoms with van der Waals surface area (Å²) in [6.07, 6.45) is -0.477. The van der Waals surface area contributed by atoms with Crippen molar-refractivity contribution < 1.29 is 9.53 Å². The summed E-state index contributed by atoms with van der Waals surface area (Å²) in [5.41, 5.74) is 1.15. The molecule has 1 aliphatic rings. The molecule has 2 rings (SSSR count). The van der Waals surface area contributed by atoms with Gasteiger partial charge in [0.2, 0.25) is 0 Å². The van der Waals surface area contributed by atoms with Gasteiger partial charge in [0, 0.05) is 25.7 Å². The Kier molecular flexibility index (Phi) is 6.97. The summed E-state index contributed by atoms with van der Waals surface area (Å²) >= 11 is 3.47. The van der Waals surface area contributed by atoms with Gasteiger partial charge in [0.25, 0.3) is 5.91 Å². The Morgan fingerprint density at radius 1 is 1.52 bits per heavy atom. The molecule has 0 bridgehead atoms. The first-order valence-corrected chi connectivity index (χ1v) is 7.72. The number of ether oxygens (including phenoxy) is 1. The fourth-order valence-corrected chi connectivity index (χ4v) is 2.93. The van der Waals surface area contributed by atoms with Gasteiger partial charge in [-0.05, 0) is 54.4 Å². The summed E-state index contributed by atoms with van der Waals surface area (Å²) in [5, 5.41) is 3.28. The van der Waals surface area contributed by atoms with E-state index in [4.69, 9.17) is 4.74 Å². The molecule has 2 atom stereocenters. The quantitative estimate of drug-likeness (QED) is 0.880. The molecule has 4 nitrogen and oxygen atoms in total. The Balaban J connectivity index is 0.00000220. The molecule has 1 aromatic rings. The molecule has 118 valence electrons. The van der Waals surface area contributed by atoms with Crippen LogP contribution in [0.4, 0.5) is 0 Å². The Morgan fingerprint density at radius 3 is 2.86 bits per heavy atom. The lowest BCUT2D eigenvalue weighted by atomic mass is 10.2. The lowest BCUT2D eigenvalue weighted by Crippen LogP contribution is -2.55. The summed E-state index contributed by atoms with van der Waals surface area (Å²) in [4.78, 5) is 14.3. The van der Waals surface area contributed by atoms with Gasteiger partial charge in [-0.2, -0.15) is 0 Å². The number of piperazine rings is 1. The summed E-state index contributed by atoms with van der Waals surface area (Å²) in [7, 11) is 0. The highest BCUT2D eigenvalue weighted by molar-refractivity contribution is 9.10. The van der Waals surface area contributed by atoms with E-state index in [1.54, 1.807) is 0 Å². The van der Waals surface area contributed by atoms with Crippen molar-refractivity contribution in [1.29, 1.82) is 0 Å². The summed E-state index contributed by atoms with van der Waals surface area (Å²) in [6, 6.07) is 6.07. The van der Waals surface area contributed by atoms with E-state index in [0.717, 1.165) is 29.7 Å². The average molecular weight is 378 g/mol. The topological polar surface area (TPSA) is 41.6 Å². The van der Waals surface area contributed by atoms with E-state index in [-0.39, 0.29) is 24.4 Å². The maximum Gasteiger partial charge on any atom is 0.263 e. The molecule has 0 saturated carbocycles. The maximum absolute atomic E-state index is 12.4. The minimum absolute atomic E-state index is 0. The van der Waals surface area contributed by atoms with E-state index >= 15 is 0 Å². The Hall–Kier alpha value is -0.780. The number of amides is 1. The number of rotatable bonds is 3. The highest BCUT2D eigenvalue weighted by Crippen LogP contribution is 2.27. The van der Waals surface area contributed by atoms with Crippen molar-refractivity contribution in [2.45, 2.75) is 32.9 Å². The number of hydrogen-bond donors (Lipinski definition) is 1. The monoisotopic (exact) mass is 376 g/mol. The number of nitrogens with one attached hydrogen (secondary N) is 1. The second kappa shape index (κ2) is 8.01. The number of benzene rings is 1. The van der Waals surface area contributed by atoms with E-state index in [9.17, 15) is 4.79 Å². The second-order valence-corrected chi connectivity index (χ2v) is 6.13. The van der Waals surface area contributed by atoms with E-state index in [1.165, 1.54) is 0 Å². The molecular weight excluding hydrogens is 356 g/mol. The van der Waals surface area contributed by atoms with Gasteiger partial charge in [0.1, 0.15) is 5.75 Å².